The van der Waals surface area contributed by atoms with Crippen LogP contribution in [0.4, 0.5) is 4.39 Å². The third kappa shape index (κ3) is 7.41. The Bertz CT molecular complexity index is 1270. The molecule has 0 spiro atoms. The van der Waals surface area contributed by atoms with E-state index in [0.717, 1.165) is 17.8 Å². The van der Waals surface area contributed by atoms with Gasteiger partial charge in [0.05, 0.1) is 24.4 Å². The molecule has 1 atom stereocenters. The maximum Gasteiger partial charge on any atom is 0.257 e. The maximum absolute atomic E-state index is 14.1. The number of aromatic nitrogens is 1. The van der Waals surface area contributed by atoms with Gasteiger partial charge in [-0.25, -0.2) is 9.37 Å². The Kier molecular flexibility index (Phi) is 9.52. The van der Waals surface area contributed by atoms with E-state index in [-0.39, 0.29) is 41.3 Å². The van der Waals surface area contributed by atoms with Gasteiger partial charge in [0.15, 0.2) is 0 Å². The van der Waals surface area contributed by atoms with Crippen LogP contribution in [0.1, 0.15) is 15.9 Å². The second-order valence-electron chi connectivity index (χ2n) is 8.84. The molecule has 1 aliphatic heterocycles. The van der Waals surface area contributed by atoms with Crippen LogP contribution < -0.4 is 10.1 Å². The summed E-state index contributed by atoms with van der Waals surface area (Å²) in [7, 11) is 1.98. The van der Waals surface area contributed by atoms with Crippen LogP contribution in [0.25, 0.3) is 0 Å². The molecular formula is C27H27Cl2FN4O4. The average Bonchev–Trinajstić information content (AvgIpc) is 2.91. The zero-order valence-corrected chi connectivity index (χ0v) is 22.2. The number of hydrogen-bond donors (Lipinski definition) is 1. The van der Waals surface area contributed by atoms with Gasteiger partial charge < -0.3 is 24.6 Å². The molecule has 0 bridgehead atoms. The molecule has 8 nitrogen and oxygen atoms in total. The molecule has 0 aliphatic carbocycles. The Balaban J connectivity index is 1.53. The average molecular weight is 561 g/mol. The molecule has 0 radical (unpaired) electrons. The van der Waals surface area contributed by atoms with E-state index < -0.39 is 17.8 Å². The van der Waals surface area contributed by atoms with Gasteiger partial charge in [0, 0.05) is 31.2 Å². The van der Waals surface area contributed by atoms with Gasteiger partial charge in [0.25, 0.3) is 5.91 Å². The molecule has 1 aromatic heterocycles. The summed E-state index contributed by atoms with van der Waals surface area (Å²) in [5, 5.41) is 3.28. The van der Waals surface area contributed by atoms with Crippen LogP contribution in [0.3, 0.4) is 0 Å². The van der Waals surface area contributed by atoms with Crippen molar-refractivity contribution in [1.29, 1.82) is 0 Å². The number of carbonyl (C=O) groups is 2. The maximum atomic E-state index is 14.1. The lowest BCUT2D eigenvalue weighted by atomic mass is 10.2. The van der Waals surface area contributed by atoms with Gasteiger partial charge in [-0.05, 0) is 36.9 Å². The van der Waals surface area contributed by atoms with Crippen molar-refractivity contribution in [1.82, 2.24) is 20.1 Å². The largest absolute Gasteiger partial charge is 0.437 e. The molecule has 2 amide bonds. The van der Waals surface area contributed by atoms with Crippen LogP contribution in [0.5, 0.6) is 11.6 Å². The summed E-state index contributed by atoms with van der Waals surface area (Å²) in [4.78, 5) is 34.5. The van der Waals surface area contributed by atoms with Crippen LogP contribution in [0, 0.1) is 5.82 Å². The number of pyridine rings is 1. The van der Waals surface area contributed by atoms with Gasteiger partial charge in [0.1, 0.15) is 23.2 Å². The zero-order valence-electron chi connectivity index (χ0n) is 20.7. The van der Waals surface area contributed by atoms with E-state index in [2.05, 4.69) is 15.2 Å². The second kappa shape index (κ2) is 13.0. The Labute approximate surface area is 230 Å². The van der Waals surface area contributed by atoms with Crippen molar-refractivity contribution in [3.63, 3.8) is 0 Å². The minimum absolute atomic E-state index is 0.0756. The summed E-state index contributed by atoms with van der Waals surface area (Å²) in [5.74, 6) is -1.77. The first-order chi connectivity index (χ1) is 18.3. The van der Waals surface area contributed by atoms with E-state index in [0.29, 0.717) is 31.2 Å². The van der Waals surface area contributed by atoms with E-state index in [4.69, 9.17) is 32.7 Å². The number of amides is 2. The van der Waals surface area contributed by atoms with Crippen LogP contribution in [-0.2, 0) is 16.1 Å². The van der Waals surface area contributed by atoms with Crippen molar-refractivity contribution >= 4 is 35.0 Å². The zero-order chi connectivity index (χ0) is 27.1. The first-order valence-electron chi connectivity index (χ1n) is 12.0. The van der Waals surface area contributed by atoms with E-state index in [1.165, 1.54) is 12.1 Å². The van der Waals surface area contributed by atoms with Gasteiger partial charge >= 0.3 is 0 Å². The summed E-state index contributed by atoms with van der Waals surface area (Å²) in [6.07, 6.45) is 0.922. The molecule has 2 heterocycles. The van der Waals surface area contributed by atoms with E-state index in [9.17, 15) is 14.0 Å². The minimum Gasteiger partial charge on any atom is -0.437 e. The fourth-order valence-electron chi connectivity index (χ4n) is 3.86. The predicted octanol–water partition coefficient (Wildman–Crippen LogP) is 4.41. The number of rotatable bonds is 9. The lowest BCUT2D eigenvalue weighted by molar-refractivity contribution is -0.136. The van der Waals surface area contributed by atoms with Gasteiger partial charge in [-0.1, -0.05) is 53.5 Å². The minimum atomic E-state index is -1.01. The smallest absolute Gasteiger partial charge is 0.257 e. The molecule has 3 aromatic rings. The molecule has 2 aromatic carbocycles. The summed E-state index contributed by atoms with van der Waals surface area (Å²) < 4.78 is 25.7. The SMILES string of the molecule is CN1CCN(C(=O)[C@@H](COCc2ccccc2)NC(=O)c2cc(F)cnc2Oc2ccc(Cl)cc2Cl)CC1. The fraction of sp³-hybridized carbons (Fsp3) is 0.296. The van der Waals surface area contributed by atoms with Crippen LogP contribution in [0.2, 0.25) is 10.0 Å². The van der Waals surface area contributed by atoms with E-state index in [1.54, 1.807) is 11.0 Å². The van der Waals surface area contributed by atoms with Crippen molar-refractivity contribution < 1.29 is 23.5 Å². The van der Waals surface area contributed by atoms with Crippen LogP contribution in [-0.4, -0.2) is 72.5 Å². The Morgan fingerprint density at radius 3 is 2.53 bits per heavy atom. The number of ether oxygens (including phenoxy) is 2. The monoisotopic (exact) mass is 560 g/mol. The molecule has 38 heavy (non-hydrogen) atoms. The predicted molar refractivity (Wildman–Crippen MR) is 142 cm³/mol. The Morgan fingerprint density at radius 2 is 1.82 bits per heavy atom. The van der Waals surface area contributed by atoms with E-state index >= 15 is 0 Å². The highest BCUT2D eigenvalue weighted by molar-refractivity contribution is 6.35. The van der Waals surface area contributed by atoms with Gasteiger partial charge in [-0.2, -0.15) is 0 Å². The molecular weight excluding hydrogens is 534 g/mol. The number of carbonyl (C=O) groups excluding carboxylic acids is 2. The van der Waals surface area contributed by atoms with Crippen LogP contribution >= 0.6 is 23.2 Å². The molecule has 200 valence electrons. The lowest BCUT2D eigenvalue weighted by Gasteiger charge is -2.34. The first kappa shape index (κ1) is 27.8. The quantitative estimate of drug-likeness (QED) is 0.417. The molecule has 0 saturated carbocycles. The van der Waals surface area contributed by atoms with Gasteiger partial charge in [-0.15, -0.1) is 0 Å². The summed E-state index contributed by atoms with van der Waals surface area (Å²) in [5.41, 5.74) is 0.727. The Hall–Kier alpha value is -3.24. The van der Waals surface area contributed by atoms with Crippen LogP contribution in [0.15, 0.2) is 60.8 Å². The number of benzene rings is 2. The second-order valence-corrected chi connectivity index (χ2v) is 9.68. The summed E-state index contributed by atoms with van der Waals surface area (Å²) in [6.45, 7) is 2.65. The van der Waals surface area contributed by atoms with Gasteiger partial charge in [0.2, 0.25) is 11.8 Å². The molecule has 1 saturated heterocycles. The number of nitrogens with one attached hydrogen (secondary N) is 1. The van der Waals surface area contributed by atoms with Crippen molar-refractivity contribution in [3.05, 3.63) is 87.8 Å². The molecule has 11 heteroatoms. The molecule has 1 aliphatic rings. The highest BCUT2D eigenvalue weighted by Gasteiger charge is 2.30. The molecule has 1 fully saturated rings. The third-order valence-electron chi connectivity index (χ3n) is 5.98. The van der Waals surface area contributed by atoms with Crippen molar-refractivity contribution in [2.75, 3.05) is 39.8 Å². The van der Waals surface area contributed by atoms with Gasteiger partial charge in [-0.3, -0.25) is 9.59 Å². The van der Waals surface area contributed by atoms with Crippen molar-refractivity contribution in [2.24, 2.45) is 0 Å². The van der Waals surface area contributed by atoms with E-state index in [1.807, 2.05) is 37.4 Å². The Morgan fingerprint density at radius 1 is 1.08 bits per heavy atom. The normalized spacial score (nSPS) is 14.7. The standard InChI is InChI=1S/C27H27Cl2FN4O4/c1-33-9-11-34(12-10-33)27(36)23(17-37-16-18-5-3-2-4-6-18)32-25(35)21-14-20(30)15-31-26(21)38-24-8-7-19(28)13-22(24)29/h2-8,13-15,23H,9-12,16-17H2,1H3,(H,32,35)/t23-/m1/s1. The number of likely N-dealkylation sites (N-methyl/N-ethyl adjacent to an activating group) is 1. The molecule has 0 unspecified atom stereocenters. The highest BCUT2D eigenvalue weighted by atomic mass is 35.5. The lowest BCUT2D eigenvalue weighted by Crippen LogP contribution is -2.55. The van der Waals surface area contributed by atoms with Crippen molar-refractivity contribution in [2.45, 2.75) is 12.6 Å². The summed E-state index contributed by atoms with van der Waals surface area (Å²) in [6, 6.07) is 14.0. The summed E-state index contributed by atoms with van der Waals surface area (Å²) >= 11 is 12.1. The highest BCUT2D eigenvalue weighted by Crippen LogP contribution is 2.32. The van der Waals surface area contributed by atoms with Crippen molar-refractivity contribution in [3.8, 4) is 11.6 Å². The molecule has 4 rings (SSSR count). The topological polar surface area (TPSA) is 84.0 Å². The number of halogens is 3. The molecule has 1 N–H and O–H groups in total. The number of piperazine rings is 1. The first-order valence-corrected chi connectivity index (χ1v) is 12.7. The number of hydrogen-bond acceptors (Lipinski definition) is 6. The fourth-order valence-corrected chi connectivity index (χ4v) is 4.31. The third-order valence-corrected chi connectivity index (χ3v) is 6.51. The number of nitrogens with zero attached hydrogens (tertiary/aromatic N) is 3.